The van der Waals surface area contributed by atoms with Crippen molar-refractivity contribution in [2.45, 2.75) is 45.6 Å². The Morgan fingerprint density at radius 3 is 2.27 bits per heavy atom. The molecule has 0 aromatic carbocycles. The summed E-state index contributed by atoms with van der Waals surface area (Å²) in [5, 5.41) is 9.41. The van der Waals surface area contributed by atoms with Gasteiger partial charge in [-0.2, -0.15) is 0 Å². The molecule has 1 fully saturated rings. The maximum absolute atomic E-state index is 11.4. The van der Waals surface area contributed by atoms with Crippen LogP contribution in [0.1, 0.15) is 45.2 Å². The van der Waals surface area contributed by atoms with E-state index in [1.807, 2.05) is 22.7 Å². The normalized spacial score (nSPS) is 19.8. The molecule has 2 aromatic heterocycles. The topological polar surface area (TPSA) is 40.5 Å². The number of carboxylic acid groups (broad SMARTS) is 1. The van der Waals surface area contributed by atoms with Crippen LogP contribution in [0.4, 0.5) is 0 Å². The van der Waals surface area contributed by atoms with Crippen LogP contribution < -0.4 is 0 Å². The number of nitrogens with zero attached hydrogens (tertiary/aromatic N) is 1. The van der Waals surface area contributed by atoms with Crippen LogP contribution in [0, 0.1) is 19.8 Å². The number of thiophene rings is 2. The van der Waals surface area contributed by atoms with Crippen LogP contribution in [0.5, 0.6) is 0 Å². The molecule has 1 N–H and O–H groups in total. The van der Waals surface area contributed by atoms with E-state index in [-0.39, 0.29) is 12.0 Å². The molecule has 0 amide bonds. The first-order valence-electron chi connectivity index (χ1n) is 9.22. The van der Waals surface area contributed by atoms with Gasteiger partial charge in [0.15, 0.2) is 0 Å². The third kappa shape index (κ3) is 4.45. The molecule has 3 rings (SSSR count). The van der Waals surface area contributed by atoms with Crippen LogP contribution >= 0.6 is 22.7 Å². The fourth-order valence-corrected chi connectivity index (χ4v) is 5.72. The summed E-state index contributed by atoms with van der Waals surface area (Å²) >= 11 is 3.67. The summed E-state index contributed by atoms with van der Waals surface area (Å²) in [4.78, 5) is 19.0. The SMILES string of the molecule is Cc1ccc(C(=CCCN(C)[C@H]2CCC[C@@H]2C(=O)O)c2ccc(C)s2)s1. The molecule has 0 saturated heterocycles. The first-order chi connectivity index (χ1) is 12.5. The van der Waals surface area contributed by atoms with Crippen LogP contribution in [0.15, 0.2) is 30.3 Å². The summed E-state index contributed by atoms with van der Waals surface area (Å²) in [5.74, 6) is -0.845. The van der Waals surface area contributed by atoms with Crippen molar-refractivity contribution in [2.24, 2.45) is 5.92 Å². The van der Waals surface area contributed by atoms with Crippen molar-refractivity contribution in [3.63, 3.8) is 0 Å². The largest absolute Gasteiger partial charge is 0.481 e. The predicted octanol–water partition coefficient (Wildman–Crippen LogP) is 5.43. The van der Waals surface area contributed by atoms with Gasteiger partial charge in [-0.1, -0.05) is 12.5 Å². The second-order valence-electron chi connectivity index (χ2n) is 7.15. The van der Waals surface area contributed by atoms with E-state index in [2.05, 4.69) is 56.1 Å². The van der Waals surface area contributed by atoms with Crippen LogP contribution in [0.3, 0.4) is 0 Å². The summed E-state index contributed by atoms with van der Waals surface area (Å²) in [6.45, 7) is 5.18. The molecule has 1 aliphatic carbocycles. The summed E-state index contributed by atoms with van der Waals surface area (Å²) < 4.78 is 0. The van der Waals surface area contributed by atoms with E-state index >= 15 is 0 Å². The van der Waals surface area contributed by atoms with E-state index in [0.29, 0.717) is 0 Å². The predicted molar refractivity (Wildman–Crippen MR) is 111 cm³/mol. The molecular formula is C21H27NO2S2. The fraction of sp³-hybridized carbons (Fsp3) is 0.476. The number of aryl methyl sites for hydroxylation is 2. The van der Waals surface area contributed by atoms with Gasteiger partial charge in [-0.15, -0.1) is 22.7 Å². The monoisotopic (exact) mass is 389 g/mol. The third-order valence-corrected chi connectivity index (χ3v) is 7.27. The minimum absolute atomic E-state index is 0.178. The number of carboxylic acids is 1. The zero-order valence-electron chi connectivity index (χ0n) is 15.7. The van der Waals surface area contributed by atoms with Gasteiger partial charge in [0.2, 0.25) is 0 Å². The Hall–Kier alpha value is -1.43. The Morgan fingerprint density at radius 2 is 1.77 bits per heavy atom. The lowest BCUT2D eigenvalue weighted by Gasteiger charge is -2.27. The molecule has 0 spiro atoms. The first kappa shape index (κ1) is 19.3. The van der Waals surface area contributed by atoms with Crippen molar-refractivity contribution >= 4 is 34.2 Å². The highest BCUT2D eigenvalue weighted by atomic mass is 32.1. The van der Waals surface area contributed by atoms with Crippen molar-refractivity contribution in [3.8, 4) is 0 Å². The van der Waals surface area contributed by atoms with Crippen LogP contribution in [-0.2, 0) is 4.79 Å². The number of hydrogen-bond donors (Lipinski definition) is 1. The summed E-state index contributed by atoms with van der Waals surface area (Å²) in [5.41, 5.74) is 1.32. The fourth-order valence-electron chi connectivity index (χ4n) is 3.82. The molecule has 2 atom stereocenters. The van der Waals surface area contributed by atoms with Gasteiger partial charge in [0, 0.05) is 37.7 Å². The average molecular weight is 390 g/mol. The Bertz CT molecular complexity index is 747. The molecule has 2 heterocycles. The van der Waals surface area contributed by atoms with E-state index in [0.717, 1.165) is 32.2 Å². The van der Waals surface area contributed by atoms with Crippen LogP contribution in [0.2, 0.25) is 0 Å². The van der Waals surface area contributed by atoms with E-state index in [1.54, 1.807) is 0 Å². The van der Waals surface area contributed by atoms with Gasteiger partial charge in [0.25, 0.3) is 0 Å². The van der Waals surface area contributed by atoms with Gasteiger partial charge in [0.1, 0.15) is 0 Å². The van der Waals surface area contributed by atoms with Gasteiger partial charge in [-0.05, 0) is 64.4 Å². The lowest BCUT2D eigenvalue weighted by Crippen LogP contribution is -2.38. The molecule has 5 heteroatoms. The Kier molecular flexibility index (Phi) is 6.33. The quantitative estimate of drug-likeness (QED) is 0.686. The van der Waals surface area contributed by atoms with Crippen molar-refractivity contribution in [1.82, 2.24) is 4.90 Å². The van der Waals surface area contributed by atoms with Crippen molar-refractivity contribution in [3.05, 3.63) is 49.9 Å². The Balaban J connectivity index is 1.71. The van der Waals surface area contributed by atoms with Gasteiger partial charge < -0.3 is 10.0 Å². The number of carbonyl (C=O) groups is 1. The minimum atomic E-state index is -0.640. The molecule has 3 nitrogen and oxygen atoms in total. The minimum Gasteiger partial charge on any atom is -0.481 e. The van der Waals surface area contributed by atoms with Crippen LogP contribution in [-0.4, -0.2) is 35.6 Å². The first-order valence-corrected chi connectivity index (χ1v) is 10.9. The zero-order valence-corrected chi connectivity index (χ0v) is 17.3. The Morgan fingerprint density at radius 1 is 1.15 bits per heavy atom. The molecule has 1 aliphatic rings. The van der Waals surface area contributed by atoms with Gasteiger partial charge in [-0.25, -0.2) is 0 Å². The Labute approximate surface area is 164 Å². The highest BCUT2D eigenvalue weighted by Crippen LogP contribution is 2.34. The molecule has 1 saturated carbocycles. The number of rotatable bonds is 7. The summed E-state index contributed by atoms with van der Waals surface area (Å²) in [6, 6.07) is 8.95. The second-order valence-corrected chi connectivity index (χ2v) is 9.73. The second kappa shape index (κ2) is 8.51. The average Bonchev–Trinajstić information content (AvgIpc) is 3.32. The number of aliphatic carboxylic acids is 1. The summed E-state index contributed by atoms with van der Waals surface area (Å²) in [6.07, 6.45) is 6.10. The van der Waals surface area contributed by atoms with Gasteiger partial charge in [0.05, 0.1) is 5.92 Å². The van der Waals surface area contributed by atoms with Crippen LogP contribution in [0.25, 0.3) is 5.57 Å². The van der Waals surface area contributed by atoms with Gasteiger partial charge >= 0.3 is 5.97 Å². The molecule has 140 valence electrons. The lowest BCUT2D eigenvalue weighted by molar-refractivity contribution is -0.143. The van der Waals surface area contributed by atoms with E-state index < -0.39 is 5.97 Å². The van der Waals surface area contributed by atoms with Crippen molar-refractivity contribution < 1.29 is 9.90 Å². The van der Waals surface area contributed by atoms with E-state index in [9.17, 15) is 9.90 Å². The highest BCUT2D eigenvalue weighted by Gasteiger charge is 2.35. The maximum Gasteiger partial charge on any atom is 0.308 e. The van der Waals surface area contributed by atoms with E-state index in [1.165, 1.54) is 25.1 Å². The lowest BCUT2D eigenvalue weighted by atomic mass is 10.0. The standard InChI is InChI=1S/C21H27NO2S2/c1-14-9-11-19(25-14)17(20-12-10-15(2)26-20)7-5-13-22(3)18-8-4-6-16(18)21(23)24/h7,9-12,16,18H,4-6,8,13H2,1-3H3,(H,23,24)/t16-,18-/m0/s1. The third-order valence-electron chi connectivity index (χ3n) is 5.20. The molecule has 0 unspecified atom stereocenters. The molecular weight excluding hydrogens is 362 g/mol. The van der Waals surface area contributed by atoms with E-state index in [4.69, 9.17) is 0 Å². The van der Waals surface area contributed by atoms with Crippen molar-refractivity contribution in [1.29, 1.82) is 0 Å². The number of hydrogen-bond acceptors (Lipinski definition) is 4. The smallest absolute Gasteiger partial charge is 0.308 e. The molecule has 0 aliphatic heterocycles. The van der Waals surface area contributed by atoms with Gasteiger partial charge in [-0.3, -0.25) is 4.79 Å². The van der Waals surface area contributed by atoms with Crippen molar-refractivity contribution in [2.75, 3.05) is 13.6 Å². The zero-order chi connectivity index (χ0) is 18.7. The molecule has 0 radical (unpaired) electrons. The highest BCUT2D eigenvalue weighted by molar-refractivity contribution is 7.15. The molecule has 26 heavy (non-hydrogen) atoms. The molecule has 2 aromatic rings. The molecule has 0 bridgehead atoms. The summed E-state index contributed by atoms with van der Waals surface area (Å²) in [7, 11) is 2.07. The maximum atomic E-state index is 11.4.